The number of thiazole rings is 1. The summed E-state index contributed by atoms with van der Waals surface area (Å²) in [6, 6.07) is 13.3. The smallest absolute Gasteiger partial charge is 0.279 e. The van der Waals surface area contributed by atoms with Crippen LogP contribution < -0.4 is 10.1 Å². The second-order valence-corrected chi connectivity index (χ2v) is 9.87. The molecule has 3 aromatic rings. The largest absolute Gasteiger partial charge is 0.380 e. The highest BCUT2D eigenvalue weighted by Gasteiger charge is 2.11. The van der Waals surface area contributed by atoms with Gasteiger partial charge in [0.1, 0.15) is 0 Å². The Morgan fingerprint density at radius 3 is 2.74 bits per heavy atom. The van der Waals surface area contributed by atoms with Crippen molar-refractivity contribution in [2.75, 3.05) is 18.5 Å². The lowest BCUT2D eigenvalue weighted by molar-refractivity contribution is -0.114. The summed E-state index contributed by atoms with van der Waals surface area (Å²) < 4.78 is 8.47. The molecular formula is C23H27N3O3S2. The molecule has 0 aliphatic carbocycles. The highest BCUT2D eigenvalue weighted by molar-refractivity contribution is 7.99. The lowest BCUT2D eigenvalue weighted by atomic mass is 10.2. The zero-order valence-electron chi connectivity index (χ0n) is 18.2. The molecule has 2 amide bonds. The molecule has 6 nitrogen and oxygen atoms in total. The van der Waals surface area contributed by atoms with Gasteiger partial charge < -0.3 is 14.6 Å². The quantitative estimate of drug-likeness (QED) is 0.384. The molecule has 3 rings (SSSR count). The first-order valence-corrected chi connectivity index (χ1v) is 11.9. The van der Waals surface area contributed by atoms with Gasteiger partial charge in [0.25, 0.3) is 5.91 Å². The number of carbonyl (C=O) groups is 2. The second-order valence-electron chi connectivity index (χ2n) is 7.21. The molecule has 0 saturated carbocycles. The van der Waals surface area contributed by atoms with Gasteiger partial charge in [-0.1, -0.05) is 31.3 Å². The van der Waals surface area contributed by atoms with E-state index < -0.39 is 0 Å². The Morgan fingerprint density at radius 1 is 1.23 bits per heavy atom. The van der Waals surface area contributed by atoms with Crippen LogP contribution in [0.15, 0.2) is 52.4 Å². The molecule has 2 aromatic carbocycles. The van der Waals surface area contributed by atoms with Crippen LogP contribution in [0.25, 0.3) is 10.2 Å². The molecule has 31 heavy (non-hydrogen) atoms. The standard InChI is InChI=1S/C23H27N3O3S2/c1-5-29-12-11-26-20-10-9-18(24-16(4)27)14-21(20)31-23(26)25-22(28)17-7-6-8-19(13-17)30-15(2)3/h6-10,13-15H,5,11-12H2,1-4H3,(H,24,27). The van der Waals surface area contributed by atoms with E-state index in [0.29, 0.717) is 35.4 Å². The van der Waals surface area contributed by atoms with E-state index in [4.69, 9.17) is 4.74 Å². The molecular weight excluding hydrogens is 430 g/mol. The van der Waals surface area contributed by atoms with Gasteiger partial charge in [-0.05, 0) is 43.3 Å². The Labute approximate surface area is 190 Å². The van der Waals surface area contributed by atoms with E-state index in [2.05, 4.69) is 24.2 Å². The van der Waals surface area contributed by atoms with Crippen LogP contribution in [0.2, 0.25) is 0 Å². The first kappa shape index (κ1) is 23.2. The predicted octanol–water partition coefficient (Wildman–Crippen LogP) is 4.94. The van der Waals surface area contributed by atoms with Crippen molar-refractivity contribution in [1.29, 1.82) is 0 Å². The molecule has 1 N–H and O–H groups in total. The van der Waals surface area contributed by atoms with E-state index in [1.807, 2.05) is 47.9 Å². The van der Waals surface area contributed by atoms with Crippen LogP contribution >= 0.6 is 23.1 Å². The van der Waals surface area contributed by atoms with Gasteiger partial charge >= 0.3 is 0 Å². The van der Waals surface area contributed by atoms with E-state index >= 15 is 0 Å². The number of carbonyl (C=O) groups excluding carboxylic acids is 2. The summed E-state index contributed by atoms with van der Waals surface area (Å²) in [7, 11) is 0. The number of hydrogen-bond acceptors (Lipinski definition) is 5. The molecule has 0 spiro atoms. The van der Waals surface area contributed by atoms with Gasteiger partial charge in [0, 0.05) is 41.5 Å². The van der Waals surface area contributed by atoms with Crippen molar-refractivity contribution >= 4 is 50.8 Å². The van der Waals surface area contributed by atoms with Gasteiger partial charge in [0.05, 0.1) is 16.8 Å². The Balaban J connectivity index is 2.01. The Morgan fingerprint density at radius 2 is 2.03 bits per heavy atom. The summed E-state index contributed by atoms with van der Waals surface area (Å²) in [6.07, 6.45) is 0. The first-order valence-electron chi connectivity index (χ1n) is 10.2. The van der Waals surface area contributed by atoms with Gasteiger partial charge in [-0.25, -0.2) is 0 Å². The predicted molar refractivity (Wildman–Crippen MR) is 128 cm³/mol. The number of nitrogens with zero attached hydrogens (tertiary/aromatic N) is 2. The van der Waals surface area contributed by atoms with Crippen molar-refractivity contribution in [1.82, 2.24) is 4.57 Å². The minimum Gasteiger partial charge on any atom is -0.380 e. The number of rotatable bonds is 8. The zero-order chi connectivity index (χ0) is 22.4. The van der Waals surface area contributed by atoms with Crippen molar-refractivity contribution in [3.63, 3.8) is 0 Å². The number of fused-ring (bicyclic) bond motifs is 1. The van der Waals surface area contributed by atoms with E-state index in [-0.39, 0.29) is 11.8 Å². The lowest BCUT2D eigenvalue weighted by Crippen LogP contribution is -2.19. The third-order valence-electron chi connectivity index (χ3n) is 4.32. The van der Waals surface area contributed by atoms with E-state index in [9.17, 15) is 9.59 Å². The van der Waals surface area contributed by atoms with Crippen LogP contribution in [0.4, 0.5) is 5.69 Å². The molecule has 0 atom stereocenters. The fourth-order valence-electron chi connectivity index (χ4n) is 3.08. The summed E-state index contributed by atoms with van der Waals surface area (Å²) >= 11 is 3.14. The SMILES string of the molecule is CCOCCn1c(=NC(=O)c2cccc(SC(C)C)c2)sc2cc(NC(C)=O)ccc21. The first-order chi connectivity index (χ1) is 14.9. The summed E-state index contributed by atoms with van der Waals surface area (Å²) in [6.45, 7) is 9.41. The van der Waals surface area contributed by atoms with Gasteiger partial charge in [-0.2, -0.15) is 4.99 Å². The molecule has 0 radical (unpaired) electrons. The van der Waals surface area contributed by atoms with Crippen LogP contribution in [0.1, 0.15) is 38.1 Å². The highest BCUT2D eigenvalue weighted by atomic mass is 32.2. The number of ether oxygens (including phenoxy) is 1. The normalized spacial score (nSPS) is 12.0. The van der Waals surface area contributed by atoms with Crippen LogP contribution in [-0.4, -0.2) is 34.8 Å². The topological polar surface area (TPSA) is 72.7 Å². The highest BCUT2D eigenvalue weighted by Crippen LogP contribution is 2.24. The lowest BCUT2D eigenvalue weighted by Gasteiger charge is -2.07. The number of anilines is 1. The van der Waals surface area contributed by atoms with E-state index in [0.717, 1.165) is 20.8 Å². The van der Waals surface area contributed by atoms with Crippen LogP contribution in [0.3, 0.4) is 0 Å². The third kappa shape index (κ3) is 6.29. The van der Waals surface area contributed by atoms with Crippen LogP contribution in [0, 0.1) is 0 Å². The molecule has 1 aromatic heterocycles. The molecule has 8 heteroatoms. The van der Waals surface area contributed by atoms with Crippen molar-refractivity contribution < 1.29 is 14.3 Å². The summed E-state index contributed by atoms with van der Waals surface area (Å²) in [5, 5.41) is 3.23. The number of benzene rings is 2. The minimum atomic E-state index is -0.273. The Bertz CT molecular complexity index is 1150. The van der Waals surface area contributed by atoms with Gasteiger partial charge in [0.2, 0.25) is 5.91 Å². The number of hydrogen-bond donors (Lipinski definition) is 1. The summed E-state index contributed by atoms with van der Waals surface area (Å²) in [4.78, 5) is 30.5. The Hall–Kier alpha value is -2.42. The number of amides is 2. The van der Waals surface area contributed by atoms with Crippen molar-refractivity contribution in [3.05, 3.63) is 52.8 Å². The molecule has 0 aliphatic rings. The maximum atomic E-state index is 13.0. The van der Waals surface area contributed by atoms with Crippen molar-refractivity contribution in [2.45, 2.75) is 44.4 Å². The van der Waals surface area contributed by atoms with Gasteiger partial charge in [0.15, 0.2) is 4.80 Å². The molecule has 0 fully saturated rings. The number of nitrogens with one attached hydrogen (secondary N) is 1. The van der Waals surface area contributed by atoms with E-state index in [1.54, 1.807) is 17.8 Å². The fraction of sp³-hybridized carbons (Fsp3) is 0.348. The Kier molecular flexibility index (Phi) is 8.06. The van der Waals surface area contributed by atoms with Crippen molar-refractivity contribution in [3.8, 4) is 0 Å². The average Bonchev–Trinajstić information content (AvgIpc) is 3.03. The second kappa shape index (κ2) is 10.7. The molecule has 0 aliphatic heterocycles. The number of aromatic nitrogens is 1. The maximum absolute atomic E-state index is 13.0. The van der Waals surface area contributed by atoms with Crippen molar-refractivity contribution in [2.24, 2.45) is 4.99 Å². The average molecular weight is 458 g/mol. The van der Waals surface area contributed by atoms with Crippen LogP contribution in [-0.2, 0) is 16.1 Å². The summed E-state index contributed by atoms with van der Waals surface area (Å²) in [5.74, 6) is -0.399. The molecule has 0 saturated heterocycles. The maximum Gasteiger partial charge on any atom is 0.279 e. The fourth-order valence-corrected chi connectivity index (χ4v) is 5.07. The zero-order valence-corrected chi connectivity index (χ0v) is 19.8. The molecule has 164 valence electrons. The van der Waals surface area contributed by atoms with Crippen LogP contribution in [0.5, 0.6) is 0 Å². The van der Waals surface area contributed by atoms with Gasteiger partial charge in [-0.3, -0.25) is 9.59 Å². The monoisotopic (exact) mass is 457 g/mol. The molecule has 0 unspecified atom stereocenters. The third-order valence-corrected chi connectivity index (χ3v) is 6.36. The molecule has 1 heterocycles. The van der Waals surface area contributed by atoms with E-state index in [1.165, 1.54) is 18.3 Å². The number of thioether (sulfide) groups is 1. The minimum absolute atomic E-state index is 0.126. The molecule has 0 bridgehead atoms. The summed E-state index contributed by atoms with van der Waals surface area (Å²) in [5.41, 5.74) is 2.24. The van der Waals surface area contributed by atoms with Gasteiger partial charge in [-0.15, -0.1) is 11.8 Å².